The van der Waals surface area contributed by atoms with Crippen molar-refractivity contribution in [3.63, 3.8) is 0 Å². The van der Waals surface area contributed by atoms with Crippen LogP contribution in [0, 0.1) is 0 Å². The average Bonchev–Trinajstić information content (AvgIpc) is 2.17. The summed E-state index contributed by atoms with van der Waals surface area (Å²) in [6, 6.07) is 5.13. The van der Waals surface area contributed by atoms with E-state index < -0.39 is 10.0 Å². The normalized spacial score (nSPS) is 11.4. The number of hydrogen-bond acceptors (Lipinski definition) is 4. The molecule has 1 aromatic rings. The van der Waals surface area contributed by atoms with Crippen molar-refractivity contribution < 1.29 is 8.42 Å². The lowest BCUT2D eigenvalue weighted by molar-refractivity contribution is 0.584. The molecular weight excluding hydrogens is 250 g/mol. The monoisotopic (exact) mass is 263 g/mol. The Morgan fingerprint density at radius 1 is 1.44 bits per heavy atom. The van der Waals surface area contributed by atoms with Crippen molar-refractivity contribution in [1.29, 1.82) is 0 Å². The molecule has 0 saturated carbocycles. The van der Waals surface area contributed by atoms with Gasteiger partial charge in [-0.05, 0) is 12.1 Å². The molecule has 5 nitrogen and oxygen atoms in total. The number of hydrogen-bond donors (Lipinski definition) is 2. The number of nitrogens with one attached hydrogen (secondary N) is 2. The molecule has 0 aliphatic heterocycles. The van der Waals surface area contributed by atoms with Crippen molar-refractivity contribution in [3.8, 4) is 0 Å². The lowest BCUT2D eigenvalue weighted by atomic mass is 10.4. The fraction of sp³-hybridized carbons (Fsp3) is 0.444. The number of rotatable bonds is 6. The second-order valence-corrected chi connectivity index (χ2v) is 5.40. The van der Waals surface area contributed by atoms with Crippen LogP contribution in [-0.2, 0) is 10.0 Å². The third-order valence-corrected chi connectivity index (χ3v) is 3.44. The van der Waals surface area contributed by atoms with E-state index in [9.17, 15) is 8.42 Å². The van der Waals surface area contributed by atoms with Crippen molar-refractivity contribution in [2.45, 2.75) is 6.92 Å². The fourth-order valence-electron chi connectivity index (χ4n) is 1.11. The van der Waals surface area contributed by atoms with E-state index in [4.69, 9.17) is 11.6 Å². The Labute approximate surface area is 100 Å². The molecule has 90 valence electrons. The Bertz CT molecular complexity index is 436. The van der Waals surface area contributed by atoms with E-state index in [1.807, 2.05) is 0 Å². The minimum absolute atomic E-state index is 0.00896. The Hall–Kier alpha value is -0.850. The molecule has 0 aromatic carbocycles. The molecule has 0 saturated heterocycles. The molecule has 2 N–H and O–H groups in total. The lowest BCUT2D eigenvalue weighted by Gasteiger charge is -2.06. The Balaban J connectivity index is 2.42. The van der Waals surface area contributed by atoms with Crippen LogP contribution >= 0.6 is 11.6 Å². The van der Waals surface area contributed by atoms with Crippen LogP contribution in [0.25, 0.3) is 0 Å². The van der Waals surface area contributed by atoms with Gasteiger partial charge < -0.3 is 5.32 Å². The molecule has 1 heterocycles. The molecule has 0 amide bonds. The van der Waals surface area contributed by atoms with E-state index >= 15 is 0 Å². The highest BCUT2D eigenvalue weighted by Crippen LogP contribution is 2.08. The van der Waals surface area contributed by atoms with E-state index in [0.29, 0.717) is 24.1 Å². The molecule has 0 radical (unpaired) electrons. The summed E-state index contributed by atoms with van der Waals surface area (Å²) < 4.78 is 25.0. The maximum atomic E-state index is 11.3. The van der Waals surface area contributed by atoms with Gasteiger partial charge in [0.2, 0.25) is 10.0 Å². The predicted molar refractivity (Wildman–Crippen MR) is 65.2 cm³/mol. The summed E-state index contributed by atoms with van der Waals surface area (Å²) in [5.74, 6) is 0.578. The zero-order chi connectivity index (χ0) is 12.0. The SMILES string of the molecule is CCNS(=O)(=O)CCNc1cccc(Cl)n1. The summed E-state index contributed by atoms with van der Waals surface area (Å²) in [6.07, 6.45) is 0. The minimum atomic E-state index is -3.19. The van der Waals surface area contributed by atoms with Crippen LogP contribution < -0.4 is 10.0 Å². The zero-order valence-corrected chi connectivity index (χ0v) is 10.5. The van der Waals surface area contributed by atoms with E-state index in [0.717, 1.165) is 0 Å². The van der Waals surface area contributed by atoms with Crippen molar-refractivity contribution in [2.24, 2.45) is 0 Å². The second kappa shape index (κ2) is 6.03. The zero-order valence-electron chi connectivity index (χ0n) is 8.90. The van der Waals surface area contributed by atoms with E-state index in [2.05, 4.69) is 15.0 Å². The van der Waals surface area contributed by atoms with E-state index in [-0.39, 0.29) is 5.75 Å². The van der Waals surface area contributed by atoms with Crippen LogP contribution in [-0.4, -0.2) is 32.2 Å². The van der Waals surface area contributed by atoms with Crippen LogP contribution in [0.3, 0.4) is 0 Å². The second-order valence-electron chi connectivity index (χ2n) is 3.09. The molecule has 16 heavy (non-hydrogen) atoms. The van der Waals surface area contributed by atoms with E-state index in [1.54, 1.807) is 25.1 Å². The molecule has 0 bridgehead atoms. The predicted octanol–water partition coefficient (Wildman–Crippen LogP) is 1.09. The first-order valence-electron chi connectivity index (χ1n) is 4.87. The van der Waals surface area contributed by atoms with Crippen molar-refractivity contribution in [1.82, 2.24) is 9.71 Å². The van der Waals surface area contributed by atoms with Crippen molar-refractivity contribution >= 4 is 27.4 Å². The first kappa shape index (κ1) is 13.2. The van der Waals surface area contributed by atoms with Gasteiger partial charge in [0.15, 0.2) is 0 Å². The number of pyridine rings is 1. The van der Waals surface area contributed by atoms with Crippen LogP contribution in [0.15, 0.2) is 18.2 Å². The van der Waals surface area contributed by atoms with Gasteiger partial charge in [-0.2, -0.15) is 0 Å². The van der Waals surface area contributed by atoms with Crippen molar-refractivity contribution in [2.75, 3.05) is 24.2 Å². The lowest BCUT2D eigenvalue weighted by Crippen LogP contribution is -2.29. The minimum Gasteiger partial charge on any atom is -0.369 e. The topological polar surface area (TPSA) is 71.1 Å². The highest BCUT2D eigenvalue weighted by molar-refractivity contribution is 7.89. The number of sulfonamides is 1. The van der Waals surface area contributed by atoms with Gasteiger partial charge in [0.25, 0.3) is 0 Å². The summed E-state index contributed by atoms with van der Waals surface area (Å²) in [4.78, 5) is 3.98. The van der Waals surface area contributed by atoms with Gasteiger partial charge in [0.1, 0.15) is 11.0 Å². The van der Waals surface area contributed by atoms with Crippen LogP contribution in [0.5, 0.6) is 0 Å². The summed E-state index contributed by atoms with van der Waals surface area (Å²) in [5.41, 5.74) is 0. The Kier molecular flexibility index (Phi) is 4.98. The van der Waals surface area contributed by atoms with Gasteiger partial charge in [-0.15, -0.1) is 0 Å². The number of halogens is 1. The molecule has 0 aliphatic carbocycles. The van der Waals surface area contributed by atoms with Crippen LogP contribution in [0.2, 0.25) is 5.15 Å². The molecule has 0 atom stereocenters. The number of nitrogens with zero attached hydrogens (tertiary/aromatic N) is 1. The van der Waals surface area contributed by atoms with Crippen LogP contribution in [0.1, 0.15) is 6.92 Å². The Morgan fingerprint density at radius 2 is 2.19 bits per heavy atom. The summed E-state index contributed by atoms with van der Waals surface area (Å²) >= 11 is 5.68. The Morgan fingerprint density at radius 3 is 2.81 bits per heavy atom. The number of aromatic nitrogens is 1. The summed E-state index contributed by atoms with van der Waals surface area (Å²) in [5, 5.41) is 3.26. The molecule has 0 aliphatic rings. The largest absolute Gasteiger partial charge is 0.369 e. The van der Waals surface area contributed by atoms with Gasteiger partial charge in [-0.1, -0.05) is 24.6 Å². The third-order valence-electron chi connectivity index (χ3n) is 1.76. The first-order valence-corrected chi connectivity index (χ1v) is 6.90. The maximum Gasteiger partial charge on any atom is 0.213 e. The van der Waals surface area contributed by atoms with Gasteiger partial charge in [-0.3, -0.25) is 0 Å². The first-order chi connectivity index (χ1) is 7.53. The molecule has 0 spiro atoms. The van der Waals surface area contributed by atoms with Crippen LogP contribution in [0.4, 0.5) is 5.82 Å². The van der Waals surface area contributed by atoms with Gasteiger partial charge >= 0.3 is 0 Å². The average molecular weight is 264 g/mol. The number of anilines is 1. The molecule has 7 heteroatoms. The maximum absolute atomic E-state index is 11.3. The van der Waals surface area contributed by atoms with Gasteiger partial charge in [-0.25, -0.2) is 18.1 Å². The molecule has 0 unspecified atom stereocenters. The van der Waals surface area contributed by atoms with Gasteiger partial charge in [0, 0.05) is 13.1 Å². The molecule has 1 aromatic heterocycles. The van der Waals surface area contributed by atoms with E-state index in [1.165, 1.54) is 0 Å². The highest BCUT2D eigenvalue weighted by Gasteiger charge is 2.07. The summed E-state index contributed by atoms with van der Waals surface area (Å²) in [7, 11) is -3.19. The molecular formula is C9H14ClN3O2S. The molecule has 0 fully saturated rings. The quantitative estimate of drug-likeness (QED) is 0.754. The highest BCUT2D eigenvalue weighted by atomic mass is 35.5. The summed E-state index contributed by atoms with van der Waals surface area (Å²) in [6.45, 7) is 2.43. The van der Waals surface area contributed by atoms with Gasteiger partial charge in [0.05, 0.1) is 5.75 Å². The third kappa shape index (κ3) is 4.78. The standard InChI is InChI=1S/C9H14ClN3O2S/c1-2-12-16(14,15)7-6-11-9-5-3-4-8(10)13-9/h3-5,12H,2,6-7H2,1H3,(H,11,13). The van der Waals surface area contributed by atoms with Crippen molar-refractivity contribution in [3.05, 3.63) is 23.4 Å². The fourth-order valence-corrected chi connectivity index (χ4v) is 2.23. The smallest absolute Gasteiger partial charge is 0.213 e. The molecule has 1 rings (SSSR count).